The zero-order valence-corrected chi connectivity index (χ0v) is 15.3. The van der Waals surface area contributed by atoms with Crippen molar-refractivity contribution in [3.05, 3.63) is 58.9 Å². The first-order valence-corrected chi connectivity index (χ1v) is 9.81. The largest absolute Gasteiger partial charge is 0.296 e. The van der Waals surface area contributed by atoms with Crippen LogP contribution in [0.3, 0.4) is 0 Å². The van der Waals surface area contributed by atoms with Crippen molar-refractivity contribution >= 4 is 22.4 Å². The maximum absolute atomic E-state index is 12.4. The Balaban J connectivity index is 1.37. The van der Waals surface area contributed by atoms with Crippen molar-refractivity contribution in [2.75, 3.05) is 5.32 Å². The molecule has 0 saturated heterocycles. The molecule has 3 aromatic rings. The summed E-state index contributed by atoms with van der Waals surface area (Å²) < 4.78 is 1.85. The maximum atomic E-state index is 12.4. The summed E-state index contributed by atoms with van der Waals surface area (Å²) in [5.74, 6) is 0.357. The van der Waals surface area contributed by atoms with Crippen molar-refractivity contribution in [3.8, 4) is 0 Å². The molecule has 1 aromatic carbocycles. The van der Waals surface area contributed by atoms with Crippen molar-refractivity contribution < 1.29 is 4.79 Å². The highest BCUT2D eigenvalue weighted by Crippen LogP contribution is 2.35. The molecule has 1 aliphatic rings. The van der Waals surface area contributed by atoms with Gasteiger partial charge in [0.1, 0.15) is 5.01 Å². The van der Waals surface area contributed by atoms with Gasteiger partial charge in [-0.2, -0.15) is 5.10 Å². The predicted octanol–water partition coefficient (Wildman–Crippen LogP) is 4.08. The van der Waals surface area contributed by atoms with Gasteiger partial charge in [-0.25, -0.2) is 0 Å². The maximum Gasteiger partial charge on any atom is 0.257 e. The van der Waals surface area contributed by atoms with Gasteiger partial charge in [0.05, 0.1) is 6.54 Å². The topological polar surface area (TPSA) is 72.7 Å². The number of nitrogens with one attached hydrogen (secondary N) is 1. The number of rotatable bonds is 5. The quantitative estimate of drug-likeness (QED) is 0.737. The summed E-state index contributed by atoms with van der Waals surface area (Å²) in [6.45, 7) is 0.691. The van der Waals surface area contributed by atoms with E-state index in [0.717, 1.165) is 10.6 Å². The molecule has 0 radical (unpaired) electrons. The van der Waals surface area contributed by atoms with E-state index >= 15 is 0 Å². The number of benzene rings is 1. The Labute approximate surface area is 156 Å². The highest BCUT2D eigenvalue weighted by molar-refractivity contribution is 7.15. The summed E-state index contributed by atoms with van der Waals surface area (Å²) in [5.41, 5.74) is 1.71. The fraction of sp³-hybridized carbons (Fsp3) is 0.368. The van der Waals surface area contributed by atoms with E-state index < -0.39 is 0 Å². The molecule has 0 atom stereocenters. The third kappa shape index (κ3) is 3.99. The fourth-order valence-electron chi connectivity index (χ4n) is 3.31. The van der Waals surface area contributed by atoms with Gasteiger partial charge in [-0.15, -0.1) is 10.2 Å². The lowest BCUT2D eigenvalue weighted by molar-refractivity contribution is 0.102. The molecule has 0 spiro atoms. The van der Waals surface area contributed by atoms with Crippen LogP contribution in [0.15, 0.2) is 42.7 Å². The molecule has 1 aliphatic carbocycles. The number of hydrogen-bond acceptors (Lipinski definition) is 5. The number of carbonyl (C=O) groups is 1. The molecule has 134 valence electrons. The van der Waals surface area contributed by atoms with E-state index in [1.807, 2.05) is 41.2 Å². The van der Waals surface area contributed by atoms with E-state index in [0.29, 0.717) is 23.2 Å². The molecule has 0 bridgehead atoms. The van der Waals surface area contributed by atoms with Gasteiger partial charge in [0, 0.05) is 23.9 Å². The van der Waals surface area contributed by atoms with Gasteiger partial charge in [-0.1, -0.05) is 42.7 Å². The molecule has 1 fully saturated rings. The summed E-state index contributed by atoms with van der Waals surface area (Å²) in [4.78, 5) is 12.4. The third-order valence-electron chi connectivity index (χ3n) is 4.74. The minimum Gasteiger partial charge on any atom is -0.296 e. The van der Waals surface area contributed by atoms with Gasteiger partial charge in [-0.3, -0.25) is 14.8 Å². The Morgan fingerprint density at radius 3 is 2.69 bits per heavy atom. The van der Waals surface area contributed by atoms with Crippen molar-refractivity contribution in [2.24, 2.45) is 0 Å². The van der Waals surface area contributed by atoms with Crippen molar-refractivity contribution in [2.45, 2.75) is 44.6 Å². The number of aromatic nitrogens is 4. The number of hydrogen-bond donors (Lipinski definition) is 1. The standard InChI is InChI=1S/C19H21N5OS/c25-17(15-9-7-14(8-10-15)13-24-12-4-11-20-24)21-19-23-22-18(26-19)16-5-2-1-3-6-16/h4,7-12,16H,1-3,5-6,13H2,(H,21,23,25). The van der Waals surface area contributed by atoms with Gasteiger partial charge in [0.2, 0.25) is 5.13 Å². The van der Waals surface area contributed by atoms with Crippen LogP contribution in [0.4, 0.5) is 5.13 Å². The molecule has 7 heteroatoms. The van der Waals surface area contributed by atoms with Gasteiger partial charge < -0.3 is 0 Å². The van der Waals surface area contributed by atoms with Crippen LogP contribution in [0.25, 0.3) is 0 Å². The molecule has 1 amide bonds. The summed E-state index contributed by atoms with van der Waals surface area (Å²) >= 11 is 1.50. The van der Waals surface area contributed by atoms with Crippen molar-refractivity contribution in [1.29, 1.82) is 0 Å². The first kappa shape index (κ1) is 16.9. The molecule has 1 saturated carbocycles. The van der Waals surface area contributed by atoms with Crippen LogP contribution in [0.5, 0.6) is 0 Å². The zero-order valence-electron chi connectivity index (χ0n) is 14.5. The molecule has 2 aromatic heterocycles. The van der Waals surface area contributed by atoms with Crippen LogP contribution in [0.2, 0.25) is 0 Å². The Kier molecular flexibility index (Phi) is 5.06. The minimum atomic E-state index is -0.151. The number of nitrogens with zero attached hydrogens (tertiary/aromatic N) is 4. The van der Waals surface area contributed by atoms with Crippen LogP contribution < -0.4 is 5.32 Å². The first-order valence-electron chi connectivity index (χ1n) is 8.99. The van der Waals surface area contributed by atoms with Crippen LogP contribution in [-0.4, -0.2) is 25.9 Å². The Bertz CT molecular complexity index is 850. The van der Waals surface area contributed by atoms with Crippen LogP contribution in [0, 0.1) is 0 Å². The van der Waals surface area contributed by atoms with E-state index in [2.05, 4.69) is 20.6 Å². The Morgan fingerprint density at radius 1 is 1.15 bits per heavy atom. The summed E-state index contributed by atoms with van der Waals surface area (Å²) in [6.07, 6.45) is 9.87. The van der Waals surface area contributed by atoms with Gasteiger partial charge >= 0.3 is 0 Å². The zero-order chi connectivity index (χ0) is 17.8. The van der Waals surface area contributed by atoms with Gasteiger partial charge in [0.25, 0.3) is 5.91 Å². The second kappa shape index (κ2) is 7.78. The Morgan fingerprint density at radius 2 is 1.96 bits per heavy atom. The Hall–Kier alpha value is -2.54. The third-order valence-corrected chi connectivity index (χ3v) is 5.74. The number of anilines is 1. The van der Waals surface area contributed by atoms with Crippen molar-refractivity contribution in [3.63, 3.8) is 0 Å². The molecular formula is C19H21N5OS. The molecule has 2 heterocycles. The predicted molar refractivity (Wildman–Crippen MR) is 101 cm³/mol. The van der Waals surface area contributed by atoms with Crippen LogP contribution >= 0.6 is 11.3 Å². The van der Waals surface area contributed by atoms with E-state index in [1.165, 1.54) is 43.4 Å². The fourth-order valence-corrected chi connectivity index (χ4v) is 4.22. The van der Waals surface area contributed by atoms with E-state index in [1.54, 1.807) is 6.20 Å². The van der Waals surface area contributed by atoms with Gasteiger partial charge in [0.15, 0.2) is 0 Å². The van der Waals surface area contributed by atoms with Crippen molar-refractivity contribution in [1.82, 2.24) is 20.0 Å². The van der Waals surface area contributed by atoms with Crippen LogP contribution in [-0.2, 0) is 6.54 Å². The average molecular weight is 367 g/mol. The molecular weight excluding hydrogens is 346 g/mol. The van der Waals surface area contributed by atoms with E-state index in [-0.39, 0.29) is 5.91 Å². The molecule has 0 unspecified atom stereocenters. The first-order chi connectivity index (χ1) is 12.8. The second-order valence-electron chi connectivity index (χ2n) is 6.64. The monoisotopic (exact) mass is 367 g/mol. The molecule has 4 rings (SSSR count). The summed E-state index contributed by atoms with van der Waals surface area (Å²) in [5, 5.41) is 17.1. The molecule has 1 N–H and O–H groups in total. The second-order valence-corrected chi connectivity index (χ2v) is 7.64. The highest BCUT2D eigenvalue weighted by Gasteiger charge is 2.20. The van der Waals surface area contributed by atoms with E-state index in [4.69, 9.17) is 0 Å². The lowest BCUT2D eigenvalue weighted by Crippen LogP contribution is -2.11. The smallest absolute Gasteiger partial charge is 0.257 e. The number of carbonyl (C=O) groups excluding carboxylic acids is 1. The summed E-state index contributed by atoms with van der Waals surface area (Å²) in [6, 6.07) is 9.45. The normalized spacial score (nSPS) is 15.1. The van der Waals surface area contributed by atoms with Gasteiger partial charge in [-0.05, 0) is 36.6 Å². The lowest BCUT2D eigenvalue weighted by atomic mass is 9.90. The molecule has 0 aliphatic heterocycles. The average Bonchev–Trinajstić information content (AvgIpc) is 3.35. The lowest BCUT2D eigenvalue weighted by Gasteiger charge is -2.18. The van der Waals surface area contributed by atoms with Crippen LogP contribution in [0.1, 0.15) is 59.0 Å². The minimum absolute atomic E-state index is 0.151. The molecule has 26 heavy (non-hydrogen) atoms. The SMILES string of the molecule is O=C(Nc1nnc(C2CCCCC2)s1)c1ccc(Cn2cccn2)cc1. The summed E-state index contributed by atoms with van der Waals surface area (Å²) in [7, 11) is 0. The van der Waals surface area contributed by atoms with E-state index in [9.17, 15) is 4.79 Å². The number of amides is 1. The highest BCUT2D eigenvalue weighted by atomic mass is 32.1. The molecule has 6 nitrogen and oxygen atoms in total.